The quantitative estimate of drug-likeness (QED) is 0.822. The van der Waals surface area contributed by atoms with Gasteiger partial charge in [0.2, 0.25) is 5.91 Å². The molecule has 0 atom stereocenters. The van der Waals surface area contributed by atoms with Gasteiger partial charge in [0.25, 0.3) is 0 Å². The maximum Gasteiger partial charge on any atom is 0.239 e. The fourth-order valence-corrected chi connectivity index (χ4v) is 2.09. The van der Waals surface area contributed by atoms with E-state index in [1.807, 2.05) is 24.3 Å². The molecule has 0 spiro atoms. The third-order valence-corrected chi connectivity index (χ3v) is 2.90. The number of hydrogen-bond donors (Lipinski definition) is 1. The molecule has 1 fully saturated rings. The normalized spacial score (nSPS) is 16.6. The van der Waals surface area contributed by atoms with Crippen molar-refractivity contribution in [2.75, 3.05) is 24.5 Å². The lowest BCUT2D eigenvalue weighted by Crippen LogP contribution is -2.47. The van der Waals surface area contributed by atoms with Crippen LogP contribution in [0.5, 0.6) is 0 Å². The van der Waals surface area contributed by atoms with Crippen molar-refractivity contribution in [3.8, 4) is 0 Å². The minimum Gasteiger partial charge on any atom is -0.360 e. The van der Waals surface area contributed by atoms with Crippen molar-refractivity contribution in [1.29, 1.82) is 0 Å². The predicted molar refractivity (Wildman–Crippen MR) is 59.4 cm³/mol. The summed E-state index contributed by atoms with van der Waals surface area (Å²) >= 11 is 3.48. The maximum atomic E-state index is 11.2. The molecule has 1 N–H and O–H groups in total. The molecule has 1 saturated heterocycles. The number of benzene rings is 1. The average molecular weight is 255 g/mol. The Morgan fingerprint density at radius 2 is 2.14 bits per heavy atom. The summed E-state index contributed by atoms with van der Waals surface area (Å²) in [5.41, 5.74) is 1.09. The highest BCUT2D eigenvalue weighted by Gasteiger charge is 2.17. The summed E-state index contributed by atoms with van der Waals surface area (Å²) in [7, 11) is 0. The summed E-state index contributed by atoms with van der Waals surface area (Å²) in [5.74, 6) is 0.0898. The van der Waals surface area contributed by atoms with Gasteiger partial charge in [-0.1, -0.05) is 12.1 Å². The molecule has 1 amide bonds. The minimum absolute atomic E-state index is 0.0898. The number of rotatable bonds is 1. The van der Waals surface area contributed by atoms with Crippen LogP contribution in [0.25, 0.3) is 0 Å². The Kier molecular flexibility index (Phi) is 2.72. The Morgan fingerprint density at radius 1 is 1.36 bits per heavy atom. The molecule has 4 heteroatoms. The van der Waals surface area contributed by atoms with Crippen molar-refractivity contribution in [3.63, 3.8) is 0 Å². The molecule has 2 rings (SSSR count). The molecule has 14 heavy (non-hydrogen) atoms. The van der Waals surface area contributed by atoms with E-state index in [1.54, 1.807) is 0 Å². The van der Waals surface area contributed by atoms with Crippen LogP contribution in [0.3, 0.4) is 0 Å². The van der Waals surface area contributed by atoms with E-state index in [1.165, 1.54) is 0 Å². The Hall–Kier alpha value is -1.03. The summed E-state index contributed by atoms with van der Waals surface area (Å²) in [6.45, 7) is 2.04. The molecule has 0 aliphatic carbocycles. The second kappa shape index (κ2) is 4.00. The molecule has 74 valence electrons. The van der Waals surface area contributed by atoms with Crippen LogP contribution in [-0.2, 0) is 4.79 Å². The lowest BCUT2D eigenvalue weighted by Gasteiger charge is -2.29. The van der Waals surface area contributed by atoms with E-state index in [2.05, 4.69) is 26.1 Å². The SMILES string of the molecule is O=C1CN(c2ccccc2Br)CCN1. The first-order valence-corrected chi connectivity index (χ1v) is 5.33. The van der Waals surface area contributed by atoms with Crippen LogP contribution in [0.2, 0.25) is 0 Å². The zero-order chi connectivity index (χ0) is 9.97. The first-order valence-electron chi connectivity index (χ1n) is 4.53. The van der Waals surface area contributed by atoms with Crippen molar-refractivity contribution < 1.29 is 4.79 Å². The highest BCUT2D eigenvalue weighted by molar-refractivity contribution is 9.10. The van der Waals surface area contributed by atoms with Gasteiger partial charge in [0.1, 0.15) is 0 Å². The van der Waals surface area contributed by atoms with Gasteiger partial charge in [-0.3, -0.25) is 4.79 Å². The highest BCUT2D eigenvalue weighted by atomic mass is 79.9. The van der Waals surface area contributed by atoms with E-state index >= 15 is 0 Å². The van der Waals surface area contributed by atoms with E-state index in [-0.39, 0.29) is 5.91 Å². The number of piperazine rings is 1. The highest BCUT2D eigenvalue weighted by Crippen LogP contribution is 2.25. The predicted octanol–water partition coefficient (Wildman–Crippen LogP) is 1.39. The first kappa shape index (κ1) is 9.52. The average Bonchev–Trinajstić information content (AvgIpc) is 2.18. The van der Waals surface area contributed by atoms with Gasteiger partial charge in [-0.2, -0.15) is 0 Å². The van der Waals surface area contributed by atoms with Gasteiger partial charge < -0.3 is 10.2 Å². The van der Waals surface area contributed by atoms with E-state index in [4.69, 9.17) is 0 Å². The van der Waals surface area contributed by atoms with Crippen LogP contribution in [0.4, 0.5) is 5.69 Å². The van der Waals surface area contributed by atoms with Crippen LogP contribution in [-0.4, -0.2) is 25.5 Å². The van der Waals surface area contributed by atoms with E-state index in [9.17, 15) is 4.79 Å². The molecule has 1 aromatic rings. The Morgan fingerprint density at radius 3 is 2.86 bits per heavy atom. The summed E-state index contributed by atoms with van der Waals surface area (Å²) in [6, 6.07) is 7.95. The number of para-hydroxylation sites is 1. The number of hydrogen-bond acceptors (Lipinski definition) is 2. The number of nitrogens with one attached hydrogen (secondary N) is 1. The standard InChI is InChI=1S/C10H11BrN2O/c11-8-3-1-2-4-9(8)13-6-5-12-10(14)7-13/h1-4H,5-7H2,(H,12,14). The van der Waals surface area contributed by atoms with Crippen LogP contribution < -0.4 is 10.2 Å². The van der Waals surface area contributed by atoms with Crippen LogP contribution in [0, 0.1) is 0 Å². The largest absolute Gasteiger partial charge is 0.360 e. The second-order valence-corrected chi connectivity index (χ2v) is 4.08. The number of carbonyl (C=O) groups excluding carboxylic acids is 1. The lowest BCUT2D eigenvalue weighted by atomic mass is 10.2. The fraction of sp³-hybridized carbons (Fsp3) is 0.300. The van der Waals surface area contributed by atoms with Crippen molar-refractivity contribution >= 4 is 27.5 Å². The van der Waals surface area contributed by atoms with Crippen molar-refractivity contribution in [1.82, 2.24) is 5.32 Å². The number of carbonyl (C=O) groups is 1. The van der Waals surface area contributed by atoms with Crippen LogP contribution in [0.15, 0.2) is 28.7 Å². The zero-order valence-corrected chi connectivity index (χ0v) is 9.25. The fourth-order valence-electron chi connectivity index (χ4n) is 1.55. The molecule has 1 aliphatic rings. The van der Waals surface area contributed by atoms with Crippen molar-refractivity contribution in [2.24, 2.45) is 0 Å². The second-order valence-electron chi connectivity index (χ2n) is 3.22. The Bertz CT molecular complexity index is 354. The molecule has 1 heterocycles. The molecular weight excluding hydrogens is 244 g/mol. The van der Waals surface area contributed by atoms with E-state index in [0.29, 0.717) is 6.54 Å². The van der Waals surface area contributed by atoms with Crippen molar-refractivity contribution in [2.45, 2.75) is 0 Å². The molecule has 1 aliphatic heterocycles. The van der Waals surface area contributed by atoms with Gasteiger partial charge in [0.05, 0.1) is 12.2 Å². The molecule has 0 unspecified atom stereocenters. The molecule has 0 saturated carbocycles. The maximum absolute atomic E-state index is 11.2. The van der Waals surface area contributed by atoms with E-state index < -0.39 is 0 Å². The number of anilines is 1. The molecule has 1 aromatic carbocycles. The monoisotopic (exact) mass is 254 g/mol. The third-order valence-electron chi connectivity index (χ3n) is 2.23. The number of nitrogens with zero attached hydrogens (tertiary/aromatic N) is 1. The Balaban J connectivity index is 2.22. The Labute approximate surface area is 91.2 Å². The van der Waals surface area contributed by atoms with Crippen LogP contribution in [0.1, 0.15) is 0 Å². The topological polar surface area (TPSA) is 32.3 Å². The van der Waals surface area contributed by atoms with Gasteiger partial charge >= 0.3 is 0 Å². The minimum atomic E-state index is 0.0898. The number of amides is 1. The lowest BCUT2D eigenvalue weighted by molar-refractivity contribution is -0.120. The molecule has 0 radical (unpaired) electrons. The third kappa shape index (κ3) is 1.90. The first-order chi connectivity index (χ1) is 6.77. The van der Waals surface area contributed by atoms with Gasteiger partial charge in [0.15, 0.2) is 0 Å². The number of halogens is 1. The van der Waals surface area contributed by atoms with Gasteiger partial charge in [-0.05, 0) is 28.1 Å². The smallest absolute Gasteiger partial charge is 0.239 e. The molecular formula is C10H11BrN2O. The molecule has 0 bridgehead atoms. The zero-order valence-electron chi connectivity index (χ0n) is 7.66. The summed E-state index contributed by atoms with van der Waals surface area (Å²) in [4.78, 5) is 13.3. The van der Waals surface area contributed by atoms with E-state index in [0.717, 1.165) is 23.2 Å². The summed E-state index contributed by atoms with van der Waals surface area (Å²) in [5, 5.41) is 2.81. The summed E-state index contributed by atoms with van der Waals surface area (Å²) < 4.78 is 1.04. The molecule has 3 nitrogen and oxygen atoms in total. The van der Waals surface area contributed by atoms with Crippen LogP contribution >= 0.6 is 15.9 Å². The van der Waals surface area contributed by atoms with Gasteiger partial charge in [-0.25, -0.2) is 0 Å². The summed E-state index contributed by atoms with van der Waals surface area (Å²) in [6.07, 6.45) is 0. The molecule has 0 aromatic heterocycles. The van der Waals surface area contributed by atoms with Gasteiger partial charge in [0, 0.05) is 17.6 Å². The van der Waals surface area contributed by atoms with Gasteiger partial charge in [-0.15, -0.1) is 0 Å². The van der Waals surface area contributed by atoms with Crippen molar-refractivity contribution in [3.05, 3.63) is 28.7 Å².